The zero-order chi connectivity index (χ0) is 19.4. The van der Waals surface area contributed by atoms with E-state index >= 15 is 0 Å². The number of rotatable bonds is 6. The van der Waals surface area contributed by atoms with E-state index in [0.29, 0.717) is 24.0 Å². The maximum atomic E-state index is 13.5. The Hall–Kier alpha value is -1.74. The summed E-state index contributed by atoms with van der Waals surface area (Å²) in [5.41, 5.74) is 7.04. The number of sulfonamides is 1. The van der Waals surface area contributed by atoms with Crippen LogP contribution in [0, 0.1) is 6.92 Å². The van der Waals surface area contributed by atoms with Crippen LogP contribution in [0.25, 0.3) is 10.9 Å². The van der Waals surface area contributed by atoms with Gasteiger partial charge in [-0.25, -0.2) is 8.42 Å². The number of carbonyl (C=O) groups excluding carboxylic acids is 1. The van der Waals surface area contributed by atoms with Crippen LogP contribution in [0.4, 0.5) is 0 Å². The van der Waals surface area contributed by atoms with Crippen molar-refractivity contribution >= 4 is 39.2 Å². The van der Waals surface area contributed by atoms with Crippen LogP contribution in [-0.2, 0) is 14.8 Å². The molecule has 0 spiro atoms. The Bertz CT molecular complexity index is 936. The number of hydrogen-bond donors (Lipinski definition) is 2. The van der Waals surface area contributed by atoms with Gasteiger partial charge in [-0.15, -0.1) is 12.4 Å². The van der Waals surface area contributed by atoms with Gasteiger partial charge >= 0.3 is 0 Å². The number of carbonyl (C=O) groups is 1. The SMILES string of the molecule is Cc1ccc(S(=O)(=O)N2CCCCC2CNC(=O)CCN)c2cccnc12.Cl. The number of amides is 1. The smallest absolute Gasteiger partial charge is 0.244 e. The topological polar surface area (TPSA) is 105 Å². The quantitative estimate of drug-likeness (QED) is 0.734. The summed E-state index contributed by atoms with van der Waals surface area (Å²) in [5.74, 6) is -0.148. The predicted molar refractivity (Wildman–Crippen MR) is 112 cm³/mol. The van der Waals surface area contributed by atoms with E-state index in [1.165, 1.54) is 4.31 Å². The Morgan fingerprint density at radius 1 is 1.32 bits per heavy atom. The van der Waals surface area contributed by atoms with Crippen LogP contribution in [0.5, 0.6) is 0 Å². The highest BCUT2D eigenvalue weighted by Gasteiger charge is 2.34. The number of aryl methyl sites for hydroxylation is 1. The fraction of sp³-hybridized carbons (Fsp3) is 0.474. The molecule has 0 aliphatic carbocycles. The van der Waals surface area contributed by atoms with Gasteiger partial charge in [0.25, 0.3) is 0 Å². The first kappa shape index (κ1) is 22.5. The molecule has 2 heterocycles. The molecular formula is C19H27ClN4O3S. The summed E-state index contributed by atoms with van der Waals surface area (Å²) in [6, 6.07) is 6.75. The van der Waals surface area contributed by atoms with E-state index in [1.54, 1.807) is 30.5 Å². The zero-order valence-electron chi connectivity index (χ0n) is 15.9. The molecule has 2 aromatic rings. The van der Waals surface area contributed by atoms with Gasteiger partial charge in [0, 0.05) is 43.7 Å². The van der Waals surface area contributed by atoms with Crippen LogP contribution >= 0.6 is 12.4 Å². The largest absolute Gasteiger partial charge is 0.354 e. The predicted octanol–water partition coefficient (Wildman–Crippen LogP) is 1.97. The molecule has 0 bridgehead atoms. The van der Waals surface area contributed by atoms with E-state index in [-0.39, 0.29) is 42.2 Å². The van der Waals surface area contributed by atoms with E-state index in [9.17, 15) is 13.2 Å². The number of nitrogens with one attached hydrogen (secondary N) is 1. The molecule has 3 rings (SSSR count). The molecule has 1 amide bonds. The second-order valence-corrected chi connectivity index (χ2v) is 8.75. The van der Waals surface area contributed by atoms with Crippen molar-refractivity contribution in [2.24, 2.45) is 5.73 Å². The molecule has 1 aliphatic heterocycles. The Balaban J connectivity index is 0.00000280. The fourth-order valence-corrected chi connectivity index (χ4v) is 5.46. The third-order valence-electron chi connectivity index (χ3n) is 5.00. The van der Waals surface area contributed by atoms with Crippen molar-refractivity contribution in [1.82, 2.24) is 14.6 Å². The number of pyridine rings is 1. The standard InChI is InChI=1S/C19H26N4O3S.ClH/c1-14-7-8-17(16-6-4-11-21-19(14)16)27(25,26)23-12-3-2-5-15(23)13-22-18(24)9-10-20;/h4,6-8,11,15H,2-3,5,9-10,12-13,20H2,1H3,(H,22,24);1H. The van der Waals surface area contributed by atoms with Crippen molar-refractivity contribution in [1.29, 1.82) is 0 Å². The monoisotopic (exact) mass is 426 g/mol. The average Bonchev–Trinajstić information content (AvgIpc) is 2.67. The third-order valence-corrected chi connectivity index (χ3v) is 7.01. The van der Waals surface area contributed by atoms with E-state index in [1.807, 2.05) is 6.92 Å². The Kier molecular flexibility index (Phi) is 7.77. The molecule has 9 heteroatoms. The van der Waals surface area contributed by atoms with Gasteiger partial charge in [-0.3, -0.25) is 9.78 Å². The lowest BCUT2D eigenvalue weighted by atomic mass is 10.1. The molecule has 1 aliphatic rings. The van der Waals surface area contributed by atoms with Gasteiger partial charge < -0.3 is 11.1 Å². The Labute approximate surface area is 172 Å². The number of benzene rings is 1. The van der Waals surface area contributed by atoms with Crippen molar-refractivity contribution < 1.29 is 13.2 Å². The molecule has 1 saturated heterocycles. The summed E-state index contributed by atoms with van der Waals surface area (Å²) in [6.07, 6.45) is 4.40. The van der Waals surface area contributed by atoms with E-state index in [2.05, 4.69) is 10.3 Å². The lowest BCUT2D eigenvalue weighted by molar-refractivity contribution is -0.121. The van der Waals surface area contributed by atoms with Gasteiger partial charge in [0.05, 0.1) is 10.4 Å². The number of nitrogens with two attached hydrogens (primary N) is 1. The molecule has 1 unspecified atom stereocenters. The molecule has 3 N–H and O–H groups in total. The second-order valence-electron chi connectivity index (χ2n) is 6.89. The number of piperidine rings is 1. The minimum absolute atomic E-state index is 0. The van der Waals surface area contributed by atoms with Crippen LogP contribution in [-0.4, -0.2) is 49.3 Å². The van der Waals surface area contributed by atoms with E-state index in [0.717, 1.165) is 24.8 Å². The minimum Gasteiger partial charge on any atom is -0.354 e. The molecule has 1 aromatic heterocycles. The van der Waals surface area contributed by atoms with Crippen LogP contribution in [0.15, 0.2) is 35.4 Å². The van der Waals surface area contributed by atoms with Gasteiger partial charge in [0.1, 0.15) is 0 Å². The fourth-order valence-electron chi connectivity index (χ4n) is 3.58. The summed E-state index contributed by atoms with van der Waals surface area (Å²) >= 11 is 0. The third kappa shape index (κ3) is 4.63. The number of aromatic nitrogens is 1. The molecule has 1 atom stereocenters. The molecule has 7 nitrogen and oxygen atoms in total. The minimum atomic E-state index is -3.70. The number of nitrogens with zero attached hydrogens (tertiary/aromatic N) is 2. The lowest BCUT2D eigenvalue weighted by Crippen LogP contribution is -2.49. The van der Waals surface area contributed by atoms with Crippen LogP contribution in [0.2, 0.25) is 0 Å². The lowest BCUT2D eigenvalue weighted by Gasteiger charge is -2.35. The van der Waals surface area contributed by atoms with Gasteiger partial charge in [-0.2, -0.15) is 4.31 Å². The molecule has 1 fully saturated rings. The van der Waals surface area contributed by atoms with E-state index < -0.39 is 10.0 Å². The van der Waals surface area contributed by atoms with Gasteiger partial charge in [0.15, 0.2) is 0 Å². The molecule has 0 radical (unpaired) electrons. The maximum Gasteiger partial charge on any atom is 0.244 e. The summed E-state index contributed by atoms with van der Waals surface area (Å²) in [7, 11) is -3.70. The first-order chi connectivity index (χ1) is 12.9. The Morgan fingerprint density at radius 2 is 2.11 bits per heavy atom. The first-order valence-electron chi connectivity index (χ1n) is 9.28. The highest BCUT2D eigenvalue weighted by atomic mass is 35.5. The van der Waals surface area contributed by atoms with E-state index in [4.69, 9.17) is 5.73 Å². The molecular weight excluding hydrogens is 400 g/mol. The molecule has 154 valence electrons. The highest BCUT2D eigenvalue weighted by molar-refractivity contribution is 7.89. The molecule has 0 saturated carbocycles. The van der Waals surface area contributed by atoms with Gasteiger partial charge in [0.2, 0.25) is 15.9 Å². The van der Waals surface area contributed by atoms with Crippen molar-refractivity contribution in [2.75, 3.05) is 19.6 Å². The summed E-state index contributed by atoms with van der Waals surface area (Å²) in [4.78, 5) is 16.4. The van der Waals surface area contributed by atoms with Crippen molar-refractivity contribution in [3.8, 4) is 0 Å². The van der Waals surface area contributed by atoms with Crippen LogP contribution in [0.3, 0.4) is 0 Å². The second kappa shape index (κ2) is 9.65. The summed E-state index contributed by atoms with van der Waals surface area (Å²) in [5, 5.41) is 3.45. The summed E-state index contributed by atoms with van der Waals surface area (Å²) in [6.45, 7) is 2.96. The number of fused-ring (bicyclic) bond motifs is 1. The molecule has 28 heavy (non-hydrogen) atoms. The van der Waals surface area contributed by atoms with Crippen LogP contribution in [0.1, 0.15) is 31.2 Å². The number of halogens is 1. The molecule has 1 aromatic carbocycles. The van der Waals surface area contributed by atoms with Crippen LogP contribution < -0.4 is 11.1 Å². The maximum absolute atomic E-state index is 13.5. The Morgan fingerprint density at radius 3 is 2.86 bits per heavy atom. The highest BCUT2D eigenvalue weighted by Crippen LogP contribution is 2.30. The first-order valence-corrected chi connectivity index (χ1v) is 10.7. The van der Waals surface area contributed by atoms with Crippen molar-refractivity contribution in [3.05, 3.63) is 36.0 Å². The van der Waals surface area contributed by atoms with Crippen molar-refractivity contribution in [2.45, 2.75) is 43.5 Å². The van der Waals surface area contributed by atoms with Gasteiger partial charge in [-0.05, 0) is 43.5 Å². The normalized spacial score (nSPS) is 17.9. The number of hydrogen-bond acceptors (Lipinski definition) is 5. The average molecular weight is 427 g/mol. The van der Waals surface area contributed by atoms with Crippen molar-refractivity contribution in [3.63, 3.8) is 0 Å². The zero-order valence-corrected chi connectivity index (χ0v) is 17.6. The summed E-state index contributed by atoms with van der Waals surface area (Å²) < 4.78 is 28.5. The van der Waals surface area contributed by atoms with Gasteiger partial charge in [-0.1, -0.05) is 12.5 Å².